The van der Waals surface area contributed by atoms with Crippen LogP contribution in [0.25, 0.3) is 0 Å². The highest BCUT2D eigenvalue weighted by Crippen LogP contribution is 2.27. The summed E-state index contributed by atoms with van der Waals surface area (Å²) < 4.78 is 10.7. The van der Waals surface area contributed by atoms with Gasteiger partial charge in [0.25, 0.3) is 5.91 Å². The minimum atomic E-state index is -0.421. The number of carbonyl (C=O) groups excluding carboxylic acids is 1. The van der Waals surface area contributed by atoms with Gasteiger partial charge in [-0.2, -0.15) is 0 Å². The predicted octanol–water partition coefficient (Wildman–Crippen LogP) is 1.36. The summed E-state index contributed by atoms with van der Waals surface area (Å²) in [5.74, 6) is 1.17. The van der Waals surface area contributed by atoms with Gasteiger partial charge >= 0.3 is 0 Å². The molecule has 0 radical (unpaired) electrons. The van der Waals surface area contributed by atoms with Crippen LogP contribution in [-0.4, -0.2) is 37.6 Å². The van der Waals surface area contributed by atoms with Crippen molar-refractivity contribution in [3.63, 3.8) is 0 Å². The summed E-state index contributed by atoms with van der Waals surface area (Å²) in [6, 6.07) is 7.71. The number of ether oxygens (including phenoxy) is 2. The fourth-order valence-corrected chi connectivity index (χ4v) is 1.95. The third kappa shape index (κ3) is 3.37. The first kappa shape index (κ1) is 13.2. The standard InChI is InChI=1S/C13H16ClNO3/c14-5-7-17-8-6-15-13(16)12-9-10-3-1-2-4-11(10)18-12/h1-4,12H,5-9H2,(H,15,16). The van der Waals surface area contributed by atoms with Gasteiger partial charge in [-0.25, -0.2) is 0 Å². The molecule has 5 heteroatoms. The number of benzene rings is 1. The number of rotatable bonds is 6. The highest BCUT2D eigenvalue weighted by molar-refractivity contribution is 6.17. The molecule has 1 aliphatic rings. The van der Waals surface area contributed by atoms with E-state index >= 15 is 0 Å². The molecule has 0 aliphatic carbocycles. The minimum absolute atomic E-state index is 0.0966. The molecule has 1 aromatic carbocycles. The van der Waals surface area contributed by atoms with Crippen LogP contribution in [0, 0.1) is 0 Å². The molecule has 18 heavy (non-hydrogen) atoms. The van der Waals surface area contributed by atoms with Gasteiger partial charge in [-0.05, 0) is 11.6 Å². The molecule has 0 spiro atoms. The second kappa shape index (κ2) is 6.61. The summed E-state index contributed by atoms with van der Waals surface area (Å²) in [6.45, 7) is 1.45. The zero-order valence-corrected chi connectivity index (χ0v) is 10.8. The van der Waals surface area contributed by atoms with E-state index < -0.39 is 6.10 Å². The summed E-state index contributed by atoms with van der Waals surface area (Å²) in [5, 5.41) is 2.79. The van der Waals surface area contributed by atoms with Gasteiger partial charge in [0, 0.05) is 18.8 Å². The fraction of sp³-hybridized carbons (Fsp3) is 0.462. The van der Waals surface area contributed by atoms with Crippen molar-refractivity contribution in [1.82, 2.24) is 5.32 Å². The van der Waals surface area contributed by atoms with E-state index in [1.807, 2.05) is 24.3 Å². The van der Waals surface area contributed by atoms with Crippen molar-refractivity contribution in [1.29, 1.82) is 0 Å². The lowest BCUT2D eigenvalue weighted by molar-refractivity contribution is -0.127. The Morgan fingerprint density at radius 2 is 2.28 bits per heavy atom. The Morgan fingerprint density at radius 3 is 3.06 bits per heavy atom. The van der Waals surface area contributed by atoms with Crippen LogP contribution in [0.15, 0.2) is 24.3 Å². The lowest BCUT2D eigenvalue weighted by Crippen LogP contribution is -2.39. The minimum Gasteiger partial charge on any atom is -0.480 e. The SMILES string of the molecule is O=C(NCCOCCCl)C1Cc2ccccc2O1. The van der Waals surface area contributed by atoms with Gasteiger partial charge in [-0.3, -0.25) is 4.79 Å². The average molecular weight is 270 g/mol. The second-order valence-corrected chi connectivity index (χ2v) is 4.39. The summed E-state index contributed by atoms with van der Waals surface area (Å²) in [7, 11) is 0. The number of halogens is 1. The van der Waals surface area contributed by atoms with Crippen molar-refractivity contribution < 1.29 is 14.3 Å². The average Bonchev–Trinajstić information content (AvgIpc) is 2.82. The van der Waals surface area contributed by atoms with Crippen LogP contribution in [0.3, 0.4) is 0 Å². The van der Waals surface area contributed by atoms with Crippen molar-refractivity contribution in [3.8, 4) is 5.75 Å². The summed E-state index contributed by atoms with van der Waals surface area (Å²) in [5.41, 5.74) is 1.08. The van der Waals surface area contributed by atoms with Gasteiger partial charge in [0.1, 0.15) is 5.75 Å². The third-order valence-electron chi connectivity index (χ3n) is 2.71. The Balaban J connectivity index is 1.72. The number of hydrogen-bond acceptors (Lipinski definition) is 3. The Kier molecular flexibility index (Phi) is 4.84. The normalized spacial score (nSPS) is 17.1. The zero-order valence-electron chi connectivity index (χ0n) is 10.0. The van der Waals surface area contributed by atoms with Gasteiger partial charge in [0.15, 0.2) is 6.10 Å². The number of para-hydroxylation sites is 1. The Morgan fingerprint density at radius 1 is 1.44 bits per heavy atom. The van der Waals surface area contributed by atoms with Crippen molar-refractivity contribution in [2.75, 3.05) is 25.6 Å². The van der Waals surface area contributed by atoms with Gasteiger partial charge in [0.05, 0.1) is 13.2 Å². The van der Waals surface area contributed by atoms with E-state index in [0.29, 0.717) is 32.1 Å². The lowest BCUT2D eigenvalue weighted by atomic mass is 10.1. The van der Waals surface area contributed by atoms with Crippen LogP contribution in [-0.2, 0) is 16.0 Å². The molecule has 0 aromatic heterocycles. The Hall–Kier alpha value is -1.26. The van der Waals surface area contributed by atoms with Crippen LogP contribution in [0.4, 0.5) is 0 Å². The van der Waals surface area contributed by atoms with Crippen LogP contribution in [0.1, 0.15) is 5.56 Å². The van der Waals surface area contributed by atoms with Crippen molar-refractivity contribution in [2.45, 2.75) is 12.5 Å². The third-order valence-corrected chi connectivity index (χ3v) is 2.86. The van der Waals surface area contributed by atoms with E-state index in [2.05, 4.69) is 5.32 Å². The molecule has 0 fully saturated rings. The van der Waals surface area contributed by atoms with Gasteiger partial charge in [-0.15, -0.1) is 11.6 Å². The monoisotopic (exact) mass is 269 g/mol. The first-order chi connectivity index (χ1) is 8.81. The largest absolute Gasteiger partial charge is 0.480 e. The van der Waals surface area contributed by atoms with Crippen LogP contribution >= 0.6 is 11.6 Å². The van der Waals surface area contributed by atoms with Crippen molar-refractivity contribution >= 4 is 17.5 Å². The van der Waals surface area contributed by atoms with E-state index in [1.165, 1.54) is 0 Å². The molecule has 1 heterocycles. The topological polar surface area (TPSA) is 47.6 Å². The molecule has 2 rings (SSSR count). The molecule has 1 atom stereocenters. The second-order valence-electron chi connectivity index (χ2n) is 4.01. The lowest BCUT2D eigenvalue weighted by Gasteiger charge is -2.11. The molecule has 1 aliphatic heterocycles. The first-order valence-electron chi connectivity index (χ1n) is 5.97. The van der Waals surface area contributed by atoms with Gasteiger partial charge < -0.3 is 14.8 Å². The highest BCUT2D eigenvalue weighted by Gasteiger charge is 2.28. The molecule has 1 aromatic rings. The first-order valence-corrected chi connectivity index (χ1v) is 6.50. The number of carbonyl (C=O) groups is 1. The van der Waals surface area contributed by atoms with Crippen molar-refractivity contribution in [3.05, 3.63) is 29.8 Å². The molecule has 0 bridgehead atoms. The molecule has 0 saturated heterocycles. The molecular weight excluding hydrogens is 254 g/mol. The summed E-state index contributed by atoms with van der Waals surface area (Å²) in [6.07, 6.45) is 0.209. The Labute approximate surface area is 111 Å². The molecule has 98 valence electrons. The molecular formula is C13H16ClNO3. The maximum absolute atomic E-state index is 11.8. The van der Waals surface area contributed by atoms with Crippen molar-refractivity contribution in [2.24, 2.45) is 0 Å². The molecule has 1 unspecified atom stereocenters. The van der Waals surface area contributed by atoms with Crippen LogP contribution in [0.5, 0.6) is 5.75 Å². The summed E-state index contributed by atoms with van der Waals surface area (Å²) in [4.78, 5) is 11.8. The smallest absolute Gasteiger partial charge is 0.261 e. The molecule has 1 N–H and O–H groups in total. The fourth-order valence-electron chi connectivity index (χ4n) is 1.85. The summed E-state index contributed by atoms with van der Waals surface area (Å²) >= 11 is 5.47. The van der Waals surface area contributed by atoms with Gasteiger partial charge in [0.2, 0.25) is 0 Å². The quantitative estimate of drug-likeness (QED) is 0.627. The van der Waals surface area contributed by atoms with E-state index in [0.717, 1.165) is 11.3 Å². The van der Waals surface area contributed by atoms with Crippen LogP contribution in [0.2, 0.25) is 0 Å². The zero-order chi connectivity index (χ0) is 12.8. The predicted molar refractivity (Wildman–Crippen MR) is 69.1 cm³/mol. The number of fused-ring (bicyclic) bond motifs is 1. The van der Waals surface area contributed by atoms with E-state index in [1.54, 1.807) is 0 Å². The van der Waals surface area contributed by atoms with Crippen LogP contribution < -0.4 is 10.1 Å². The number of amides is 1. The van der Waals surface area contributed by atoms with Gasteiger partial charge in [-0.1, -0.05) is 18.2 Å². The Bertz CT molecular complexity index is 386. The molecule has 4 nitrogen and oxygen atoms in total. The molecule has 0 saturated carbocycles. The number of alkyl halides is 1. The number of nitrogens with one attached hydrogen (secondary N) is 1. The van der Waals surface area contributed by atoms with E-state index in [4.69, 9.17) is 21.1 Å². The van der Waals surface area contributed by atoms with E-state index in [-0.39, 0.29) is 5.91 Å². The number of hydrogen-bond donors (Lipinski definition) is 1. The maximum Gasteiger partial charge on any atom is 0.261 e. The van der Waals surface area contributed by atoms with E-state index in [9.17, 15) is 4.79 Å². The molecule has 1 amide bonds. The maximum atomic E-state index is 11.8. The highest BCUT2D eigenvalue weighted by atomic mass is 35.5.